The van der Waals surface area contributed by atoms with E-state index < -0.39 is 0 Å². The second-order valence-electron chi connectivity index (χ2n) is 5.34. The molecular formula is C16H26ClN3. The van der Waals surface area contributed by atoms with Gasteiger partial charge in [0, 0.05) is 50.0 Å². The number of nitrogens with zero attached hydrogens (tertiary/aromatic N) is 3. The van der Waals surface area contributed by atoms with Crippen LogP contribution in [0.3, 0.4) is 0 Å². The fraction of sp³-hybridized carbons (Fsp3) is 0.625. The third kappa shape index (κ3) is 4.37. The van der Waals surface area contributed by atoms with E-state index in [2.05, 4.69) is 40.7 Å². The van der Waals surface area contributed by atoms with Gasteiger partial charge in [0.15, 0.2) is 0 Å². The fourth-order valence-electron chi connectivity index (χ4n) is 2.73. The Morgan fingerprint density at radius 3 is 2.40 bits per heavy atom. The summed E-state index contributed by atoms with van der Waals surface area (Å²) in [4.78, 5) is 7.49. The Bertz CT molecular complexity index is 398. The zero-order valence-electron chi connectivity index (χ0n) is 12.7. The maximum absolute atomic E-state index is 6.07. The topological polar surface area (TPSA) is 9.72 Å². The largest absolute Gasteiger partial charge is 0.369 e. The molecule has 0 aromatic heterocycles. The Morgan fingerprint density at radius 1 is 1.10 bits per heavy atom. The highest BCUT2D eigenvalue weighted by molar-refractivity contribution is 6.30. The molecule has 0 bridgehead atoms. The third-order valence-corrected chi connectivity index (χ3v) is 4.41. The molecule has 0 unspecified atom stereocenters. The summed E-state index contributed by atoms with van der Waals surface area (Å²) in [6, 6.07) is 8.18. The van der Waals surface area contributed by atoms with Crippen molar-refractivity contribution in [3.8, 4) is 0 Å². The number of hydrogen-bond acceptors (Lipinski definition) is 3. The molecule has 0 atom stereocenters. The van der Waals surface area contributed by atoms with Gasteiger partial charge in [-0.05, 0) is 31.3 Å². The van der Waals surface area contributed by atoms with Crippen molar-refractivity contribution < 1.29 is 0 Å². The maximum Gasteiger partial charge on any atom is 0.0426 e. The first-order chi connectivity index (χ1) is 9.72. The van der Waals surface area contributed by atoms with Crippen LogP contribution in [0.4, 0.5) is 5.69 Å². The van der Waals surface area contributed by atoms with Gasteiger partial charge in [-0.15, -0.1) is 0 Å². The number of hydrogen-bond donors (Lipinski definition) is 0. The van der Waals surface area contributed by atoms with E-state index in [1.54, 1.807) is 0 Å². The first-order valence-electron chi connectivity index (χ1n) is 7.68. The summed E-state index contributed by atoms with van der Waals surface area (Å²) < 4.78 is 0. The smallest absolute Gasteiger partial charge is 0.0426 e. The molecule has 3 nitrogen and oxygen atoms in total. The molecular weight excluding hydrogens is 270 g/mol. The van der Waals surface area contributed by atoms with Crippen LogP contribution in [-0.2, 0) is 0 Å². The van der Waals surface area contributed by atoms with Gasteiger partial charge in [0.1, 0.15) is 0 Å². The van der Waals surface area contributed by atoms with E-state index in [0.29, 0.717) is 0 Å². The summed E-state index contributed by atoms with van der Waals surface area (Å²) in [6.07, 6.45) is 0. The molecule has 1 heterocycles. The Balaban J connectivity index is 1.78. The molecule has 0 spiro atoms. The van der Waals surface area contributed by atoms with Gasteiger partial charge in [-0.25, -0.2) is 0 Å². The van der Waals surface area contributed by atoms with Crippen LogP contribution in [0.5, 0.6) is 0 Å². The average Bonchev–Trinajstić information content (AvgIpc) is 2.49. The van der Waals surface area contributed by atoms with Gasteiger partial charge in [0.05, 0.1) is 0 Å². The second-order valence-corrected chi connectivity index (χ2v) is 5.77. The lowest BCUT2D eigenvalue weighted by Gasteiger charge is -2.37. The van der Waals surface area contributed by atoms with E-state index in [9.17, 15) is 0 Å². The van der Waals surface area contributed by atoms with E-state index >= 15 is 0 Å². The Morgan fingerprint density at radius 2 is 1.80 bits per heavy atom. The maximum atomic E-state index is 6.07. The molecule has 0 saturated carbocycles. The molecule has 1 aliphatic heterocycles. The minimum atomic E-state index is 0.825. The molecule has 1 aliphatic rings. The van der Waals surface area contributed by atoms with E-state index in [1.165, 1.54) is 18.8 Å². The van der Waals surface area contributed by atoms with Gasteiger partial charge in [-0.2, -0.15) is 0 Å². The van der Waals surface area contributed by atoms with E-state index in [-0.39, 0.29) is 0 Å². The molecule has 2 rings (SSSR count). The van der Waals surface area contributed by atoms with Crippen molar-refractivity contribution in [3.63, 3.8) is 0 Å². The van der Waals surface area contributed by atoms with Crippen molar-refractivity contribution in [3.05, 3.63) is 29.3 Å². The van der Waals surface area contributed by atoms with Gasteiger partial charge in [0.25, 0.3) is 0 Å². The minimum absolute atomic E-state index is 0.825. The molecule has 0 radical (unpaired) electrons. The second kappa shape index (κ2) is 7.87. The molecule has 0 aliphatic carbocycles. The number of anilines is 1. The summed E-state index contributed by atoms with van der Waals surface area (Å²) >= 11 is 6.07. The van der Waals surface area contributed by atoms with E-state index in [0.717, 1.165) is 44.3 Å². The van der Waals surface area contributed by atoms with Gasteiger partial charge in [0.2, 0.25) is 0 Å². The van der Waals surface area contributed by atoms with Crippen LogP contribution in [0.2, 0.25) is 5.02 Å². The number of likely N-dealkylation sites (N-methyl/N-ethyl adjacent to an activating group) is 1. The minimum Gasteiger partial charge on any atom is -0.369 e. The molecule has 112 valence electrons. The van der Waals surface area contributed by atoms with Gasteiger partial charge >= 0.3 is 0 Å². The zero-order valence-corrected chi connectivity index (χ0v) is 13.4. The van der Waals surface area contributed by atoms with Crippen LogP contribution in [0.1, 0.15) is 13.8 Å². The highest BCUT2D eigenvalue weighted by Crippen LogP contribution is 2.20. The number of benzene rings is 1. The van der Waals surface area contributed by atoms with Crippen LogP contribution in [0.15, 0.2) is 24.3 Å². The van der Waals surface area contributed by atoms with Gasteiger partial charge in [-0.1, -0.05) is 31.5 Å². The molecule has 0 N–H and O–H groups in total. The standard InChI is InChI=1S/C16H26ClN3/c1-3-18(4-2)8-9-19-10-12-20(13-11-19)16-7-5-6-15(17)14-16/h5-7,14H,3-4,8-13H2,1-2H3. The first kappa shape index (κ1) is 15.6. The normalized spacial score (nSPS) is 16.9. The quantitative estimate of drug-likeness (QED) is 0.799. The lowest BCUT2D eigenvalue weighted by Crippen LogP contribution is -2.48. The first-order valence-corrected chi connectivity index (χ1v) is 8.06. The number of piperazine rings is 1. The third-order valence-electron chi connectivity index (χ3n) is 4.17. The van der Waals surface area contributed by atoms with Crippen molar-refractivity contribution in [1.82, 2.24) is 9.80 Å². The Labute approximate surface area is 128 Å². The van der Waals surface area contributed by atoms with Crippen LogP contribution in [0.25, 0.3) is 0 Å². The molecule has 1 aromatic carbocycles. The number of rotatable bonds is 6. The summed E-state index contributed by atoms with van der Waals surface area (Å²) in [5.74, 6) is 0. The lowest BCUT2D eigenvalue weighted by atomic mass is 10.2. The highest BCUT2D eigenvalue weighted by atomic mass is 35.5. The summed E-state index contributed by atoms with van der Waals surface area (Å²) in [6.45, 7) is 13.6. The fourth-order valence-corrected chi connectivity index (χ4v) is 2.91. The highest BCUT2D eigenvalue weighted by Gasteiger charge is 2.17. The van der Waals surface area contributed by atoms with E-state index in [1.807, 2.05) is 12.1 Å². The van der Waals surface area contributed by atoms with Crippen molar-refractivity contribution in [1.29, 1.82) is 0 Å². The van der Waals surface area contributed by atoms with Gasteiger partial charge < -0.3 is 9.80 Å². The van der Waals surface area contributed by atoms with Crippen molar-refractivity contribution in [2.75, 3.05) is 57.3 Å². The molecule has 0 amide bonds. The zero-order chi connectivity index (χ0) is 14.4. The monoisotopic (exact) mass is 295 g/mol. The predicted molar refractivity (Wildman–Crippen MR) is 87.9 cm³/mol. The van der Waals surface area contributed by atoms with Crippen molar-refractivity contribution in [2.45, 2.75) is 13.8 Å². The van der Waals surface area contributed by atoms with Crippen LogP contribution >= 0.6 is 11.6 Å². The summed E-state index contributed by atoms with van der Waals surface area (Å²) in [7, 11) is 0. The Hall–Kier alpha value is -0.770. The lowest BCUT2D eigenvalue weighted by molar-refractivity contribution is 0.206. The SMILES string of the molecule is CCN(CC)CCN1CCN(c2cccc(Cl)c2)CC1. The molecule has 4 heteroatoms. The van der Waals surface area contributed by atoms with Crippen LogP contribution < -0.4 is 4.90 Å². The van der Waals surface area contributed by atoms with Crippen molar-refractivity contribution >= 4 is 17.3 Å². The van der Waals surface area contributed by atoms with Crippen LogP contribution in [-0.4, -0.2) is 62.2 Å². The average molecular weight is 296 g/mol. The molecule has 1 fully saturated rings. The van der Waals surface area contributed by atoms with Crippen molar-refractivity contribution in [2.24, 2.45) is 0 Å². The number of halogens is 1. The molecule has 1 saturated heterocycles. The predicted octanol–water partition coefficient (Wildman–Crippen LogP) is 2.80. The Kier molecular flexibility index (Phi) is 6.14. The summed E-state index contributed by atoms with van der Waals surface area (Å²) in [5.41, 5.74) is 1.25. The van der Waals surface area contributed by atoms with Gasteiger partial charge in [-0.3, -0.25) is 4.90 Å². The van der Waals surface area contributed by atoms with E-state index in [4.69, 9.17) is 11.6 Å². The van der Waals surface area contributed by atoms with Crippen LogP contribution in [0, 0.1) is 0 Å². The summed E-state index contributed by atoms with van der Waals surface area (Å²) in [5, 5.41) is 0.825. The molecule has 20 heavy (non-hydrogen) atoms. The molecule has 1 aromatic rings.